The van der Waals surface area contributed by atoms with E-state index in [4.69, 9.17) is 11.6 Å². The fourth-order valence-corrected chi connectivity index (χ4v) is 6.10. The highest BCUT2D eigenvalue weighted by Gasteiger charge is 2.31. The predicted molar refractivity (Wildman–Crippen MR) is 147 cm³/mol. The maximum atomic E-state index is 13.8. The molecule has 1 fully saturated rings. The summed E-state index contributed by atoms with van der Waals surface area (Å²) in [7, 11) is -3.37. The summed E-state index contributed by atoms with van der Waals surface area (Å²) in [6, 6.07) is 12.9. The zero-order chi connectivity index (χ0) is 26.2. The molecule has 192 valence electrons. The van der Waals surface area contributed by atoms with Gasteiger partial charge in [0.05, 0.1) is 16.7 Å². The summed E-state index contributed by atoms with van der Waals surface area (Å²) in [4.78, 5) is 27.2. The zero-order valence-corrected chi connectivity index (χ0v) is 22.1. The first-order chi connectivity index (χ1) is 17.8. The number of benzene rings is 1. The van der Waals surface area contributed by atoms with E-state index in [0.29, 0.717) is 52.8 Å². The van der Waals surface area contributed by atoms with Crippen molar-refractivity contribution in [3.63, 3.8) is 0 Å². The number of sulfone groups is 1. The van der Waals surface area contributed by atoms with Gasteiger partial charge in [0.1, 0.15) is 5.65 Å². The van der Waals surface area contributed by atoms with Crippen molar-refractivity contribution < 1.29 is 8.42 Å². The van der Waals surface area contributed by atoms with Gasteiger partial charge >= 0.3 is 0 Å². The summed E-state index contributed by atoms with van der Waals surface area (Å²) in [5, 5.41) is 6.61. The number of anilines is 1. The number of aromatic nitrogens is 4. The van der Waals surface area contributed by atoms with Gasteiger partial charge in [-0.2, -0.15) is 4.98 Å². The molecule has 1 aliphatic rings. The summed E-state index contributed by atoms with van der Waals surface area (Å²) in [6.07, 6.45) is 1.63. The number of aryl methyl sites for hydroxylation is 2. The molecule has 4 heterocycles. The van der Waals surface area contributed by atoms with Crippen molar-refractivity contribution in [1.29, 1.82) is 0 Å². The summed E-state index contributed by atoms with van der Waals surface area (Å²) in [5.41, 5.74) is 3.41. The van der Waals surface area contributed by atoms with Crippen molar-refractivity contribution in [2.45, 2.75) is 25.6 Å². The highest BCUT2D eigenvalue weighted by Crippen LogP contribution is 2.31. The number of nitrogens with zero attached hydrogens (tertiary/aromatic N) is 4. The minimum Gasteiger partial charge on any atom is -0.354 e. The second kappa shape index (κ2) is 10.2. The van der Waals surface area contributed by atoms with Gasteiger partial charge in [-0.3, -0.25) is 14.3 Å². The molecule has 11 heteroatoms. The Bertz CT molecular complexity index is 1650. The smallest absolute Gasteiger partial charge is 0.260 e. The summed E-state index contributed by atoms with van der Waals surface area (Å²) in [6.45, 7) is 5.29. The molecule has 0 bridgehead atoms. The van der Waals surface area contributed by atoms with Gasteiger partial charge in [0, 0.05) is 65.2 Å². The Morgan fingerprint density at radius 3 is 2.62 bits per heavy atom. The molecule has 5 rings (SSSR count). The minimum atomic E-state index is -3.37. The van der Waals surface area contributed by atoms with E-state index >= 15 is 0 Å². The molecule has 0 amide bonds. The Hall–Kier alpha value is -3.34. The van der Waals surface area contributed by atoms with E-state index in [1.54, 1.807) is 24.4 Å². The highest BCUT2D eigenvalue weighted by molar-refractivity contribution is 7.92. The SMILES string of the molecule is CCNc1ncc2cc(-c3ccc(-c4cccc(C)n4)cc3Cl)c(=O)n(CCS(=O)(=O)C3CNC3)c2n1. The van der Waals surface area contributed by atoms with Gasteiger partial charge in [-0.05, 0) is 38.1 Å². The Kier molecular flexibility index (Phi) is 6.98. The lowest BCUT2D eigenvalue weighted by Gasteiger charge is -2.27. The van der Waals surface area contributed by atoms with Crippen molar-refractivity contribution in [3.8, 4) is 22.4 Å². The van der Waals surface area contributed by atoms with E-state index in [2.05, 4.69) is 25.6 Å². The molecular formula is C26H27ClN6O3S. The Morgan fingerprint density at radius 2 is 1.95 bits per heavy atom. The lowest BCUT2D eigenvalue weighted by molar-refractivity contribution is 0.493. The molecule has 2 N–H and O–H groups in total. The minimum absolute atomic E-state index is 0.0203. The molecule has 0 radical (unpaired) electrons. The van der Waals surface area contributed by atoms with Crippen LogP contribution in [0.1, 0.15) is 12.6 Å². The van der Waals surface area contributed by atoms with E-state index in [9.17, 15) is 13.2 Å². The van der Waals surface area contributed by atoms with Crippen molar-refractivity contribution in [3.05, 3.63) is 69.7 Å². The third kappa shape index (κ3) is 5.09. The monoisotopic (exact) mass is 538 g/mol. The number of rotatable bonds is 8. The molecule has 3 aromatic heterocycles. The van der Waals surface area contributed by atoms with Crippen LogP contribution in [0.2, 0.25) is 5.02 Å². The van der Waals surface area contributed by atoms with Crippen LogP contribution in [0.25, 0.3) is 33.4 Å². The third-order valence-corrected chi connectivity index (χ3v) is 8.87. The largest absolute Gasteiger partial charge is 0.354 e. The van der Waals surface area contributed by atoms with Gasteiger partial charge in [0.2, 0.25) is 5.95 Å². The molecule has 1 aromatic carbocycles. The van der Waals surface area contributed by atoms with E-state index in [1.165, 1.54) is 4.57 Å². The molecule has 1 aliphatic heterocycles. The van der Waals surface area contributed by atoms with Gasteiger partial charge in [-0.1, -0.05) is 29.8 Å². The van der Waals surface area contributed by atoms with Crippen molar-refractivity contribution in [1.82, 2.24) is 24.8 Å². The Morgan fingerprint density at radius 1 is 1.14 bits per heavy atom. The van der Waals surface area contributed by atoms with E-state index < -0.39 is 15.1 Å². The molecule has 1 saturated heterocycles. The fourth-order valence-electron chi connectivity index (χ4n) is 4.30. The van der Waals surface area contributed by atoms with Crippen molar-refractivity contribution in [2.24, 2.45) is 0 Å². The average molecular weight is 539 g/mol. The standard InChI is InChI=1S/C26H27ClN6O3S/c1-3-29-26-30-13-18-11-21(20-8-7-17(12-22(20)27)23-6-4-5-16(2)31-23)25(34)33(24(18)32-26)9-10-37(35,36)19-14-28-15-19/h4-8,11-13,19,28H,3,9-10,14-15H2,1-2H3,(H,29,30,32). The van der Waals surface area contributed by atoms with Crippen LogP contribution < -0.4 is 16.2 Å². The fraction of sp³-hybridized carbons (Fsp3) is 0.308. The van der Waals surface area contributed by atoms with Gasteiger partial charge in [-0.25, -0.2) is 13.4 Å². The molecule has 0 atom stereocenters. The number of pyridine rings is 2. The quantitative estimate of drug-likeness (QED) is 0.351. The zero-order valence-electron chi connectivity index (χ0n) is 20.5. The maximum Gasteiger partial charge on any atom is 0.260 e. The molecule has 0 spiro atoms. The van der Waals surface area contributed by atoms with Crippen LogP contribution in [-0.4, -0.2) is 58.6 Å². The predicted octanol–water partition coefficient (Wildman–Crippen LogP) is 3.30. The summed E-state index contributed by atoms with van der Waals surface area (Å²) < 4.78 is 27.0. The maximum absolute atomic E-state index is 13.8. The van der Waals surface area contributed by atoms with Crippen LogP contribution in [-0.2, 0) is 16.4 Å². The van der Waals surface area contributed by atoms with Crippen LogP contribution in [0.4, 0.5) is 5.95 Å². The topological polar surface area (TPSA) is 119 Å². The van der Waals surface area contributed by atoms with Crippen LogP contribution >= 0.6 is 11.6 Å². The second-order valence-corrected chi connectivity index (χ2v) is 11.8. The van der Waals surface area contributed by atoms with Gasteiger partial charge in [-0.15, -0.1) is 0 Å². The van der Waals surface area contributed by atoms with E-state index in [0.717, 1.165) is 17.0 Å². The third-order valence-electron chi connectivity index (χ3n) is 6.46. The molecule has 0 aliphatic carbocycles. The molecule has 0 unspecified atom stereocenters. The summed E-state index contributed by atoms with van der Waals surface area (Å²) >= 11 is 6.69. The Labute approximate surface area is 219 Å². The molecule has 9 nitrogen and oxygen atoms in total. The van der Waals surface area contributed by atoms with E-state index in [1.807, 2.05) is 38.1 Å². The summed E-state index contributed by atoms with van der Waals surface area (Å²) in [5.74, 6) is 0.208. The van der Waals surface area contributed by atoms with Crippen LogP contribution in [0.3, 0.4) is 0 Å². The lowest BCUT2D eigenvalue weighted by Crippen LogP contribution is -2.52. The number of hydrogen-bond donors (Lipinski definition) is 2. The van der Waals surface area contributed by atoms with Crippen LogP contribution in [0.15, 0.2) is 53.5 Å². The average Bonchev–Trinajstić information content (AvgIpc) is 2.82. The number of fused-ring (bicyclic) bond motifs is 1. The van der Waals surface area contributed by atoms with Gasteiger partial charge in [0.25, 0.3) is 5.56 Å². The van der Waals surface area contributed by atoms with Gasteiger partial charge in [0.15, 0.2) is 9.84 Å². The number of halogens is 1. The molecule has 0 saturated carbocycles. The van der Waals surface area contributed by atoms with Crippen LogP contribution in [0, 0.1) is 6.92 Å². The van der Waals surface area contributed by atoms with Gasteiger partial charge < -0.3 is 10.6 Å². The van der Waals surface area contributed by atoms with Crippen molar-refractivity contribution >= 4 is 38.4 Å². The normalized spacial score (nSPS) is 14.0. The number of nitrogens with one attached hydrogen (secondary N) is 2. The highest BCUT2D eigenvalue weighted by atomic mass is 35.5. The first-order valence-electron chi connectivity index (χ1n) is 12.1. The Balaban J connectivity index is 1.60. The molecule has 4 aromatic rings. The van der Waals surface area contributed by atoms with E-state index in [-0.39, 0.29) is 17.9 Å². The molecular weight excluding hydrogens is 512 g/mol. The first kappa shape index (κ1) is 25.3. The van der Waals surface area contributed by atoms with Crippen LogP contribution in [0.5, 0.6) is 0 Å². The lowest BCUT2D eigenvalue weighted by atomic mass is 10.0. The second-order valence-electron chi connectivity index (χ2n) is 9.02. The molecule has 37 heavy (non-hydrogen) atoms. The number of hydrogen-bond acceptors (Lipinski definition) is 8. The van der Waals surface area contributed by atoms with Crippen molar-refractivity contribution in [2.75, 3.05) is 30.7 Å². The first-order valence-corrected chi connectivity index (χ1v) is 14.2.